The van der Waals surface area contributed by atoms with Gasteiger partial charge in [0.1, 0.15) is 23.1 Å². The number of carbonyl (C=O) groups is 1. The van der Waals surface area contributed by atoms with Crippen molar-refractivity contribution in [1.29, 1.82) is 0 Å². The van der Waals surface area contributed by atoms with Gasteiger partial charge < -0.3 is 20.2 Å². The van der Waals surface area contributed by atoms with Crippen molar-refractivity contribution >= 4 is 28.8 Å². The molecule has 1 heterocycles. The van der Waals surface area contributed by atoms with Crippen molar-refractivity contribution in [3.63, 3.8) is 0 Å². The highest BCUT2D eigenvalue weighted by Gasteiger charge is 2.05. The summed E-state index contributed by atoms with van der Waals surface area (Å²) in [5.74, 6) is 1.31. The van der Waals surface area contributed by atoms with Crippen molar-refractivity contribution in [1.82, 2.24) is 0 Å². The number of rotatable bonds is 7. The molecule has 0 fully saturated rings. The van der Waals surface area contributed by atoms with E-state index >= 15 is 0 Å². The van der Waals surface area contributed by atoms with Crippen LogP contribution < -0.4 is 15.8 Å². The summed E-state index contributed by atoms with van der Waals surface area (Å²) in [5.41, 5.74) is 6.04. The minimum atomic E-state index is -0.0853. The first-order valence-corrected chi connectivity index (χ1v) is 6.88. The van der Waals surface area contributed by atoms with Crippen molar-refractivity contribution in [2.45, 2.75) is 12.8 Å². The number of nitrogens with two attached hydrogens (primary N) is 1. The summed E-state index contributed by atoms with van der Waals surface area (Å²) in [7, 11) is 0. The number of nitrogens with one attached hydrogen (secondary N) is 1. The van der Waals surface area contributed by atoms with E-state index < -0.39 is 0 Å². The Kier molecular flexibility index (Phi) is 5.34. The van der Waals surface area contributed by atoms with Crippen LogP contribution in [-0.2, 0) is 11.2 Å². The van der Waals surface area contributed by atoms with Gasteiger partial charge in [-0.1, -0.05) is 18.3 Å². The number of aryl methyl sites for hydroxylation is 1. The van der Waals surface area contributed by atoms with Gasteiger partial charge in [0.2, 0.25) is 5.91 Å². The molecule has 2 aromatic rings. The summed E-state index contributed by atoms with van der Waals surface area (Å²) in [6, 6.07) is 10.7. The SMILES string of the molecule is NC(=S)COc1cccc(NC(=O)CCc2ccco2)c1. The zero-order valence-corrected chi connectivity index (χ0v) is 12.2. The first-order valence-electron chi connectivity index (χ1n) is 6.47. The molecule has 0 saturated heterocycles. The number of benzene rings is 1. The highest BCUT2D eigenvalue weighted by atomic mass is 32.1. The van der Waals surface area contributed by atoms with Gasteiger partial charge >= 0.3 is 0 Å². The molecule has 0 spiro atoms. The third-order valence-electron chi connectivity index (χ3n) is 2.68. The molecule has 5 nitrogen and oxygen atoms in total. The minimum Gasteiger partial charge on any atom is -0.486 e. The van der Waals surface area contributed by atoms with Crippen LogP contribution in [0.1, 0.15) is 12.2 Å². The normalized spacial score (nSPS) is 10.1. The Labute approximate surface area is 128 Å². The average molecular weight is 304 g/mol. The molecule has 3 N–H and O–H groups in total. The predicted molar refractivity (Wildman–Crippen MR) is 84.4 cm³/mol. The molecule has 0 unspecified atom stereocenters. The molecule has 0 saturated carbocycles. The van der Waals surface area contributed by atoms with E-state index in [1.54, 1.807) is 36.6 Å². The molecule has 110 valence electrons. The Morgan fingerprint density at radius 1 is 1.33 bits per heavy atom. The molecule has 2 rings (SSSR count). The molecule has 1 aromatic heterocycles. The van der Waals surface area contributed by atoms with Crippen LogP contribution in [0.5, 0.6) is 5.75 Å². The number of thiocarbonyl (C=S) groups is 1. The number of hydrogen-bond donors (Lipinski definition) is 2. The smallest absolute Gasteiger partial charge is 0.224 e. The van der Waals surface area contributed by atoms with Crippen molar-refractivity contribution in [3.8, 4) is 5.75 Å². The van der Waals surface area contributed by atoms with Gasteiger partial charge in [0, 0.05) is 24.6 Å². The first-order chi connectivity index (χ1) is 10.1. The zero-order valence-electron chi connectivity index (χ0n) is 11.4. The van der Waals surface area contributed by atoms with Gasteiger partial charge in [0.05, 0.1) is 6.26 Å². The van der Waals surface area contributed by atoms with E-state index in [1.165, 1.54) is 0 Å². The average Bonchev–Trinajstić information content (AvgIpc) is 2.97. The van der Waals surface area contributed by atoms with Crippen LogP contribution in [-0.4, -0.2) is 17.5 Å². The molecule has 1 amide bonds. The highest BCUT2D eigenvalue weighted by molar-refractivity contribution is 7.80. The van der Waals surface area contributed by atoms with Gasteiger partial charge in [-0.3, -0.25) is 4.79 Å². The summed E-state index contributed by atoms with van der Waals surface area (Å²) in [6.07, 6.45) is 2.51. The predicted octanol–water partition coefficient (Wildman–Crippen LogP) is 2.52. The van der Waals surface area contributed by atoms with Crippen molar-refractivity contribution in [3.05, 3.63) is 48.4 Å². The summed E-state index contributed by atoms with van der Waals surface area (Å²) >= 11 is 4.75. The van der Waals surface area contributed by atoms with Gasteiger partial charge in [-0.25, -0.2) is 0 Å². The first kappa shape index (κ1) is 15.1. The van der Waals surface area contributed by atoms with Crippen LogP contribution in [0.15, 0.2) is 47.1 Å². The fourth-order valence-corrected chi connectivity index (χ4v) is 1.79. The van der Waals surface area contributed by atoms with Gasteiger partial charge in [0.25, 0.3) is 0 Å². The number of anilines is 1. The number of ether oxygens (including phenoxy) is 1. The number of hydrogen-bond acceptors (Lipinski definition) is 4. The molecule has 0 radical (unpaired) electrons. The van der Waals surface area contributed by atoms with E-state index in [4.69, 9.17) is 27.1 Å². The summed E-state index contributed by atoms with van der Waals surface area (Å²) in [4.78, 5) is 12.1. The second kappa shape index (κ2) is 7.44. The van der Waals surface area contributed by atoms with E-state index in [1.807, 2.05) is 6.07 Å². The maximum absolute atomic E-state index is 11.9. The number of furan rings is 1. The second-order valence-corrected chi connectivity index (χ2v) is 4.93. The second-order valence-electron chi connectivity index (χ2n) is 4.41. The van der Waals surface area contributed by atoms with Gasteiger partial charge in [-0.15, -0.1) is 0 Å². The lowest BCUT2D eigenvalue weighted by atomic mass is 10.2. The minimum absolute atomic E-state index is 0.0853. The Hall–Kier alpha value is -2.34. The van der Waals surface area contributed by atoms with E-state index in [9.17, 15) is 4.79 Å². The largest absolute Gasteiger partial charge is 0.486 e. The highest BCUT2D eigenvalue weighted by Crippen LogP contribution is 2.17. The van der Waals surface area contributed by atoms with Gasteiger partial charge in [0.15, 0.2) is 0 Å². The fourth-order valence-electron chi connectivity index (χ4n) is 1.73. The monoisotopic (exact) mass is 304 g/mol. The molecule has 0 aliphatic carbocycles. The van der Waals surface area contributed by atoms with Crippen molar-refractivity contribution in [2.75, 3.05) is 11.9 Å². The Morgan fingerprint density at radius 3 is 2.90 bits per heavy atom. The maximum atomic E-state index is 11.9. The summed E-state index contributed by atoms with van der Waals surface area (Å²) in [6.45, 7) is 0.172. The van der Waals surface area contributed by atoms with Gasteiger partial charge in [-0.05, 0) is 24.3 Å². The molecule has 6 heteroatoms. The molecule has 0 aliphatic rings. The van der Waals surface area contributed by atoms with Gasteiger partial charge in [-0.2, -0.15) is 0 Å². The molecule has 0 atom stereocenters. The van der Waals surface area contributed by atoms with Crippen molar-refractivity contribution < 1.29 is 13.9 Å². The lowest BCUT2D eigenvalue weighted by molar-refractivity contribution is -0.116. The topological polar surface area (TPSA) is 77.5 Å². The number of carbonyl (C=O) groups excluding carboxylic acids is 1. The number of amides is 1. The fraction of sp³-hybridized carbons (Fsp3) is 0.200. The lowest BCUT2D eigenvalue weighted by Gasteiger charge is -2.08. The standard InChI is InChI=1S/C15H16N2O3S/c16-14(21)10-20-13-4-1-3-11(9-13)17-15(18)7-6-12-5-2-8-19-12/h1-5,8-9H,6-7,10H2,(H2,16,21)(H,17,18). The van der Waals surface area contributed by atoms with E-state index in [0.717, 1.165) is 5.76 Å². The van der Waals surface area contributed by atoms with Crippen LogP contribution in [0.25, 0.3) is 0 Å². The molecule has 21 heavy (non-hydrogen) atoms. The summed E-state index contributed by atoms with van der Waals surface area (Å²) < 4.78 is 10.6. The van der Waals surface area contributed by atoms with E-state index in [2.05, 4.69) is 5.32 Å². The third-order valence-corrected chi connectivity index (χ3v) is 2.80. The van der Waals surface area contributed by atoms with Crippen molar-refractivity contribution in [2.24, 2.45) is 5.73 Å². The van der Waals surface area contributed by atoms with E-state index in [0.29, 0.717) is 24.3 Å². The molecular weight excluding hydrogens is 288 g/mol. The quantitative estimate of drug-likeness (QED) is 0.769. The lowest BCUT2D eigenvalue weighted by Crippen LogP contribution is -2.18. The third kappa shape index (κ3) is 5.27. The molecule has 0 aliphatic heterocycles. The Balaban J connectivity index is 1.85. The van der Waals surface area contributed by atoms with Crippen LogP contribution in [0.4, 0.5) is 5.69 Å². The molecule has 1 aromatic carbocycles. The van der Waals surface area contributed by atoms with Crippen LogP contribution >= 0.6 is 12.2 Å². The molecule has 0 bridgehead atoms. The van der Waals surface area contributed by atoms with E-state index in [-0.39, 0.29) is 17.5 Å². The van der Waals surface area contributed by atoms with Crippen LogP contribution in [0.2, 0.25) is 0 Å². The maximum Gasteiger partial charge on any atom is 0.224 e. The zero-order chi connectivity index (χ0) is 15.1. The van der Waals surface area contributed by atoms with Crippen LogP contribution in [0.3, 0.4) is 0 Å². The molecular formula is C15H16N2O3S. The van der Waals surface area contributed by atoms with Crippen LogP contribution in [0, 0.1) is 0 Å². The summed E-state index contributed by atoms with van der Waals surface area (Å²) in [5, 5.41) is 2.81. The Morgan fingerprint density at radius 2 is 2.19 bits per heavy atom. The Bertz CT molecular complexity index is 611.